The number of rotatable bonds is 5. The van der Waals surface area contributed by atoms with E-state index in [4.69, 9.17) is 27.9 Å². The molecule has 5 heteroatoms. The Morgan fingerprint density at radius 2 is 1.71 bits per heavy atom. The van der Waals surface area contributed by atoms with Crippen molar-refractivity contribution in [2.75, 3.05) is 12.0 Å². The molecule has 0 aliphatic heterocycles. The second kappa shape index (κ2) is 6.30. The van der Waals surface area contributed by atoms with Crippen molar-refractivity contribution in [2.45, 2.75) is 24.2 Å². The van der Waals surface area contributed by atoms with Crippen LogP contribution < -0.4 is 9.64 Å². The molecule has 1 saturated carbocycles. The van der Waals surface area contributed by atoms with E-state index >= 15 is 0 Å². The predicted octanol–water partition coefficient (Wildman–Crippen LogP) is 4.81. The lowest BCUT2D eigenvalue weighted by atomic mass is 10.1. The van der Waals surface area contributed by atoms with Gasteiger partial charge in [0.15, 0.2) is 0 Å². The van der Waals surface area contributed by atoms with E-state index in [-0.39, 0.29) is 5.91 Å². The van der Waals surface area contributed by atoms with Crippen LogP contribution in [0.15, 0.2) is 54.6 Å². The molecule has 0 bridgehead atoms. The van der Waals surface area contributed by atoms with Gasteiger partial charge in [0.1, 0.15) is 10.1 Å². The van der Waals surface area contributed by atoms with Gasteiger partial charge < -0.3 is 9.64 Å². The average Bonchev–Trinajstić information content (AvgIpc) is 3.12. The number of carbonyl (C=O) groups excluding carboxylic acids is 1. The Bertz CT molecular complexity index is 731. The summed E-state index contributed by atoms with van der Waals surface area (Å²) in [6, 6.07) is 17.3. The van der Waals surface area contributed by atoms with Gasteiger partial charge in [-0.2, -0.15) is 0 Å². The Hall–Kier alpha value is -1.71. The van der Waals surface area contributed by atoms with Gasteiger partial charge in [-0.15, -0.1) is 23.2 Å². The molecule has 1 aliphatic rings. The van der Waals surface area contributed by atoms with Gasteiger partial charge in [-0.1, -0.05) is 30.3 Å². The number of hydrogen-bond acceptors (Lipinski definition) is 2. The molecule has 0 saturated heterocycles. The average molecular weight is 364 g/mol. The number of halogens is 2. The minimum absolute atomic E-state index is 0.0680. The molecule has 0 N–H and O–H groups in total. The number of amides is 1. The van der Waals surface area contributed by atoms with Crippen LogP contribution >= 0.6 is 23.2 Å². The van der Waals surface area contributed by atoms with Gasteiger partial charge in [-0.3, -0.25) is 4.79 Å². The van der Waals surface area contributed by atoms with E-state index < -0.39 is 9.75 Å². The van der Waals surface area contributed by atoms with Gasteiger partial charge in [0, 0.05) is 5.69 Å². The molecule has 2 aromatic carbocycles. The number of ether oxygens (including phenoxy) is 1. The minimum Gasteiger partial charge on any atom is -0.497 e. The fourth-order valence-corrected chi connectivity index (χ4v) is 3.43. The molecule has 1 atom stereocenters. The lowest BCUT2D eigenvalue weighted by molar-refractivity contribution is -0.123. The van der Waals surface area contributed by atoms with Crippen molar-refractivity contribution in [3.05, 3.63) is 60.2 Å². The Kier molecular flexibility index (Phi) is 4.50. The van der Waals surface area contributed by atoms with Crippen LogP contribution in [0.5, 0.6) is 5.75 Å². The van der Waals surface area contributed by atoms with Crippen molar-refractivity contribution in [1.82, 2.24) is 0 Å². The highest BCUT2D eigenvalue weighted by Gasteiger charge is 2.68. The molecule has 3 rings (SSSR count). The lowest BCUT2D eigenvalue weighted by Gasteiger charge is -2.27. The first-order valence-electron chi connectivity index (χ1n) is 7.75. The zero-order chi connectivity index (χ0) is 17.4. The first-order chi connectivity index (χ1) is 11.4. The van der Waals surface area contributed by atoms with Crippen LogP contribution in [0.25, 0.3) is 0 Å². The van der Waals surface area contributed by atoms with E-state index in [1.165, 1.54) is 0 Å². The van der Waals surface area contributed by atoms with E-state index in [1.54, 1.807) is 12.0 Å². The third-order valence-electron chi connectivity index (χ3n) is 4.54. The molecule has 126 valence electrons. The number of nitrogens with zero attached hydrogens (tertiary/aromatic N) is 1. The summed E-state index contributed by atoms with van der Waals surface area (Å²) >= 11 is 12.4. The van der Waals surface area contributed by atoms with Crippen LogP contribution in [-0.2, 0) is 11.3 Å². The molecule has 24 heavy (non-hydrogen) atoms. The van der Waals surface area contributed by atoms with E-state index in [9.17, 15) is 4.79 Å². The lowest BCUT2D eigenvalue weighted by Crippen LogP contribution is -2.38. The standard InChI is InChI=1S/C19H19Cl2NO2/c1-18(13-19(18,20)21)17(23)22(12-14-6-4-3-5-7-14)15-8-10-16(24-2)11-9-15/h3-11H,12-13H2,1-2H3. The predicted molar refractivity (Wildman–Crippen MR) is 97.8 cm³/mol. The van der Waals surface area contributed by atoms with Crippen LogP contribution in [0.3, 0.4) is 0 Å². The quantitative estimate of drug-likeness (QED) is 0.713. The number of benzene rings is 2. The first kappa shape index (κ1) is 17.1. The maximum Gasteiger partial charge on any atom is 0.236 e. The summed E-state index contributed by atoms with van der Waals surface area (Å²) in [5, 5.41) is 0. The SMILES string of the molecule is COc1ccc(N(Cc2ccccc2)C(=O)C2(C)CC2(Cl)Cl)cc1. The third kappa shape index (κ3) is 3.11. The number of methoxy groups -OCH3 is 1. The molecule has 0 heterocycles. The van der Waals surface area contributed by atoms with E-state index in [2.05, 4.69) is 0 Å². The minimum atomic E-state index is -0.995. The maximum atomic E-state index is 13.1. The summed E-state index contributed by atoms with van der Waals surface area (Å²) in [4.78, 5) is 14.9. The van der Waals surface area contributed by atoms with Crippen LogP contribution in [0.2, 0.25) is 0 Å². The van der Waals surface area contributed by atoms with Crippen LogP contribution in [0.1, 0.15) is 18.9 Å². The van der Waals surface area contributed by atoms with Crippen molar-refractivity contribution < 1.29 is 9.53 Å². The summed E-state index contributed by atoms with van der Waals surface area (Å²) < 4.78 is 4.20. The van der Waals surface area contributed by atoms with Crippen molar-refractivity contribution in [1.29, 1.82) is 0 Å². The Morgan fingerprint density at radius 3 is 2.21 bits per heavy atom. The molecule has 2 aromatic rings. The number of carbonyl (C=O) groups is 1. The smallest absolute Gasteiger partial charge is 0.236 e. The summed E-state index contributed by atoms with van der Waals surface area (Å²) in [6.07, 6.45) is 0.462. The van der Waals surface area contributed by atoms with Crippen molar-refractivity contribution in [3.8, 4) is 5.75 Å². The molecule has 1 unspecified atom stereocenters. The molecular weight excluding hydrogens is 345 g/mol. The van der Waals surface area contributed by atoms with Crippen molar-refractivity contribution >= 4 is 34.8 Å². The number of hydrogen-bond donors (Lipinski definition) is 0. The highest BCUT2D eigenvalue weighted by Crippen LogP contribution is 2.64. The molecule has 3 nitrogen and oxygen atoms in total. The van der Waals surface area contributed by atoms with Gasteiger partial charge in [0.2, 0.25) is 5.91 Å². The van der Waals surface area contributed by atoms with Gasteiger partial charge in [0.05, 0.1) is 19.1 Å². The zero-order valence-electron chi connectivity index (χ0n) is 13.6. The monoisotopic (exact) mass is 363 g/mol. The molecule has 1 aliphatic carbocycles. The van der Waals surface area contributed by atoms with Gasteiger partial charge in [-0.25, -0.2) is 0 Å². The third-order valence-corrected chi connectivity index (χ3v) is 5.64. The van der Waals surface area contributed by atoms with Crippen LogP contribution in [0.4, 0.5) is 5.69 Å². The van der Waals surface area contributed by atoms with Crippen molar-refractivity contribution in [2.24, 2.45) is 5.41 Å². The second-order valence-electron chi connectivity index (χ2n) is 6.29. The topological polar surface area (TPSA) is 29.5 Å². The fraction of sp³-hybridized carbons (Fsp3) is 0.316. The Balaban J connectivity index is 1.93. The van der Waals surface area contributed by atoms with Crippen LogP contribution in [-0.4, -0.2) is 17.4 Å². The van der Waals surface area contributed by atoms with Gasteiger partial charge in [-0.05, 0) is 43.2 Å². The first-order valence-corrected chi connectivity index (χ1v) is 8.51. The highest BCUT2D eigenvalue weighted by molar-refractivity contribution is 6.53. The number of anilines is 1. The van der Waals surface area contributed by atoms with Gasteiger partial charge in [0.25, 0.3) is 0 Å². The van der Waals surface area contributed by atoms with E-state index in [0.29, 0.717) is 13.0 Å². The summed E-state index contributed by atoms with van der Waals surface area (Å²) in [6.45, 7) is 2.28. The summed E-state index contributed by atoms with van der Waals surface area (Å²) in [5.74, 6) is 0.675. The second-order valence-corrected chi connectivity index (χ2v) is 7.77. The Labute approximate surface area is 152 Å². The molecule has 0 radical (unpaired) electrons. The summed E-state index contributed by atoms with van der Waals surface area (Å²) in [7, 11) is 1.61. The molecule has 0 spiro atoms. The fourth-order valence-electron chi connectivity index (χ4n) is 2.74. The van der Waals surface area contributed by atoms with Gasteiger partial charge >= 0.3 is 0 Å². The molecular formula is C19H19Cl2NO2. The Morgan fingerprint density at radius 1 is 1.12 bits per heavy atom. The van der Waals surface area contributed by atoms with E-state index in [1.807, 2.05) is 61.5 Å². The normalized spacial score (nSPS) is 21.2. The molecule has 1 fully saturated rings. The molecule has 1 amide bonds. The van der Waals surface area contributed by atoms with Crippen LogP contribution in [0, 0.1) is 5.41 Å². The van der Waals surface area contributed by atoms with E-state index in [0.717, 1.165) is 17.0 Å². The molecule has 0 aromatic heterocycles. The summed E-state index contributed by atoms with van der Waals surface area (Å²) in [5.41, 5.74) is 1.08. The maximum absolute atomic E-state index is 13.1. The highest BCUT2D eigenvalue weighted by atomic mass is 35.5. The van der Waals surface area contributed by atoms with Crippen molar-refractivity contribution in [3.63, 3.8) is 0 Å². The zero-order valence-corrected chi connectivity index (χ0v) is 15.1. The largest absolute Gasteiger partial charge is 0.497 e. The number of alkyl halides is 2.